The molecule has 0 amide bonds. The highest BCUT2D eigenvalue weighted by molar-refractivity contribution is 5.91. The summed E-state index contributed by atoms with van der Waals surface area (Å²) in [6.45, 7) is 4.68. The molecule has 11 rings (SSSR count). The first kappa shape index (κ1) is 30.0. The third-order valence-corrected chi connectivity index (χ3v) is 11.6. The molecule has 2 aliphatic carbocycles. The molecule has 0 radical (unpaired) electrons. The van der Waals surface area contributed by atoms with Gasteiger partial charge in [-0.15, -0.1) is 0 Å². The van der Waals surface area contributed by atoms with Gasteiger partial charge in [0.2, 0.25) is 0 Å². The zero-order chi connectivity index (χ0) is 35.3. The highest BCUT2D eigenvalue weighted by atomic mass is 16.5. The van der Waals surface area contributed by atoms with Crippen molar-refractivity contribution in [2.45, 2.75) is 24.7 Å². The van der Waals surface area contributed by atoms with E-state index in [-0.39, 0.29) is 5.41 Å². The zero-order valence-electron chi connectivity index (χ0n) is 29.3. The molecule has 1 aromatic heterocycles. The van der Waals surface area contributed by atoms with Gasteiger partial charge >= 0.3 is 0 Å². The summed E-state index contributed by atoms with van der Waals surface area (Å²) in [5.74, 6) is 3.73. The van der Waals surface area contributed by atoms with E-state index in [2.05, 4.69) is 117 Å². The van der Waals surface area contributed by atoms with E-state index in [0.717, 1.165) is 28.2 Å². The summed E-state index contributed by atoms with van der Waals surface area (Å²) in [6, 6.07) is 58.1. The molecule has 0 N–H and O–H groups in total. The first-order chi connectivity index (χ1) is 26.0. The molecule has 0 fully saturated rings. The Kier molecular flexibility index (Phi) is 6.19. The molecule has 7 aromatic carbocycles. The Labute approximate surface area is 308 Å². The highest BCUT2D eigenvalue weighted by Crippen LogP contribution is 2.64. The van der Waals surface area contributed by atoms with E-state index in [1.54, 1.807) is 0 Å². The van der Waals surface area contributed by atoms with Crippen molar-refractivity contribution in [2.75, 3.05) is 0 Å². The lowest BCUT2D eigenvalue weighted by Gasteiger charge is -2.40. The van der Waals surface area contributed by atoms with E-state index < -0.39 is 5.41 Å². The van der Waals surface area contributed by atoms with Crippen molar-refractivity contribution in [3.8, 4) is 67.9 Å². The van der Waals surface area contributed by atoms with Gasteiger partial charge < -0.3 is 4.74 Å². The third kappa shape index (κ3) is 4.15. The van der Waals surface area contributed by atoms with Crippen LogP contribution in [0.25, 0.3) is 56.4 Å². The van der Waals surface area contributed by atoms with Gasteiger partial charge in [0.05, 0.1) is 5.41 Å². The Balaban J connectivity index is 1.13. The fourth-order valence-electron chi connectivity index (χ4n) is 9.18. The summed E-state index contributed by atoms with van der Waals surface area (Å²) >= 11 is 0. The van der Waals surface area contributed by atoms with Crippen LogP contribution >= 0.6 is 0 Å². The fourth-order valence-corrected chi connectivity index (χ4v) is 9.18. The van der Waals surface area contributed by atoms with Crippen LogP contribution in [0.15, 0.2) is 164 Å². The van der Waals surface area contributed by atoms with Gasteiger partial charge in [0, 0.05) is 33.2 Å². The molecule has 53 heavy (non-hydrogen) atoms. The molecule has 4 nitrogen and oxygen atoms in total. The molecule has 8 aromatic rings. The minimum Gasteiger partial charge on any atom is -0.457 e. The Morgan fingerprint density at radius 2 is 0.868 bits per heavy atom. The summed E-state index contributed by atoms with van der Waals surface area (Å²) in [7, 11) is 0. The smallest absolute Gasteiger partial charge is 0.164 e. The van der Waals surface area contributed by atoms with E-state index in [1.165, 1.54) is 55.6 Å². The van der Waals surface area contributed by atoms with Crippen LogP contribution in [0.3, 0.4) is 0 Å². The maximum atomic E-state index is 6.91. The van der Waals surface area contributed by atoms with E-state index in [9.17, 15) is 0 Å². The molecule has 0 saturated carbocycles. The standard InChI is InChI=1S/C49H33N3O/c1-48(2)37-26-25-32(47-51-45(30-15-5-3-6-16-30)50-46(52-47)31-17-7-4-8-18-31)27-35(37)36-28-44-42(29-41(36)48)49(40-23-13-14-24-43(40)53-44)38-21-11-9-19-33(38)34-20-10-12-22-39(34)49/h3-29H,1-2H3. The van der Waals surface area contributed by atoms with Crippen LogP contribution in [0, 0.1) is 0 Å². The molecule has 0 unspecified atom stereocenters. The number of fused-ring (bicyclic) bond motifs is 12. The van der Waals surface area contributed by atoms with E-state index in [0.29, 0.717) is 17.5 Å². The number of benzene rings is 7. The normalized spacial score (nSPS) is 14.7. The van der Waals surface area contributed by atoms with Crippen molar-refractivity contribution < 1.29 is 4.74 Å². The molecule has 1 aliphatic heterocycles. The lowest BCUT2D eigenvalue weighted by atomic mass is 9.65. The number of hydrogen-bond donors (Lipinski definition) is 0. The van der Waals surface area contributed by atoms with Crippen molar-refractivity contribution in [2.24, 2.45) is 0 Å². The molecule has 0 saturated heterocycles. The monoisotopic (exact) mass is 679 g/mol. The molecule has 0 atom stereocenters. The zero-order valence-corrected chi connectivity index (χ0v) is 29.3. The molecule has 1 spiro atoms. The number of aromatic nitrogens is 3. The maximum Gasteiger partial charge on any atom is 0.164 e. The largest absolute Gasteiger partial charge is 0.457 e. The summed E-state index contributed by atoms with van der Waals surface area (Å²) in [4.78, 5) is 15.0. The number of ether oxygens (including phenoxy) is 1. The second kappa shape index (κ2) is 10.9. The van der Waals surface area contributed by atoms with Crippen LogP contribution in [-0.4, -0.2) is 15.0 Å². The van der Waals surface area contributed by atoms with Gasteiger partial charge in [-0.1, -0.05) is 153 Å². The average molecular weight is 680 g/mol. The third-order valence-electron chi connectivity index (χ3n) is 11.6. The Morgan fingerprint density at radius 1 is 0.358 bits per heavy atom. The number of para-hydroxylation sites is 1. The number of rotatable bonds is 3. The topological polar surface area (TPSA) is 47.9 Å². The summed E-state index contributed by atoms with van der Waals surface area (Å²) in [5.41, 5.74) is 14.5. The van der Waals surface area contributed by atoms with Gasteiger partial charge in [-0.25, -0.2) is 15.0 Å². The fraction of sp³-hybridized carbons (Fsp3) is 0.0816. The van der Waals surface area contributed by atoms with Crippen molar-refractivity contribution in [3.63, 3.8) is 0 Å². The summed E-state index contributed by atoms with van der Waals surface area (Å²) in [6.07, 6.45) is 0. The molecule has 4 heteroatoms. The van der Waals surface area contributed by atoms with Crippen LogP contribution in [-0.2, 0) is 10.8 Å². The van der Waals surface area contributed by atoms with Crippen LogP contribution < -0.4 is 4.74 Å². The number of nitrogens with zero attached hydrogens (tertiary/aromatic N) is 3. The van der Waals surface area contributed by atoms with E-state index >= 15 is 0 Å². The highest BCUT2D eigenvalue weighted by Gasteiger charge is 2.52. The Hall–Kier alpha value is -6.65. The summed E-state index contributed by atoms with van der Waals surface area (Å²) in [5, 5.41) is 0. The van der Waals surface area contributed by atoms with E-state index in [1.807, 2.05) is 60.7 Å². The molecule has 250 valence electrons. The second-order valence-corrected chi connectivity index (χ2v) is 14.8. The van der Waals surface area contributed by atoms with Gasteiger partial charge in [0.15, 0.2) is 17.5 Å². The quantitative estimate of drug-likeness (QED) is 0.186. The van der Waals surface area contributed by atoms with Gasteiger partial charge in [0.25, 0.3) is 0 Å². The maximum absolute atomic E-state index is 6.91. The first-order valence-electron chi connectivity index (χ1n) is 18.2. The van der Waals surface area contributed by atoms with Crippen LogP contribution in [0.2, 0.25) is 0 Å². The first-order valence-corrected chi connectivity index (χ1v) is 18.2. The van der Waals surface area contributed by atoms with Gasteiger partial charge in [-0.05, 0) is 68.8 Å². The predicted molar refractivity (Wildman–Crippen MR) is 211 cm³/mol. The van der Waals surface area contributed by atoms with E-state index in [4.69, 9.17) is 19.7 Å². The second-order valence-electron chi connectivity index (χ2n) is 14.8. The minimum atomic E-state index is -0.505. The van der Waals surface area contributed by atoms with Crippen molar-refractivity contribution >= 4 is 0 Å². The molecule has 2 heterocycles. The Bertz CT molecular complexity index is 2680. The van der Waals surface area contributed by atoms with Gasteiger partial charge in [-0.2, -0.15) is 0 Å². The van der Waals surface area contributed by atoms with Crippen molar-refractivity contribution in [1.29, 1.82) is 0 Å². The molecule has 0 bridgehead atoms. The average Bonchev–Trinajstić information content (AvgIpc) is 3.63. The van der Waals surface area contributed by atoms with Crippen molar-refractivity contribution in [1.82, 2.24) is 15.0 Å². The number of hydrogen-bond acceptors (Lipinski definition) is 4. The van der Waals surface area contributed by atoms with Gasteiger partial charge in [-0.3, -0.25) is 0 Å². The summed E-state index contributed by atoms with van der Waals surface area (Å²) < 4.78 is 6.91. The molecular formula is C49H33N3O. The SMILES string of the molecule is CC1(C)c2ccc(-c3nc(-c4ccccc4)nc(-c4ccccc4)n3)cc2-c2cc3c(cc21)C1(c2ccccc2O3)c2ccccc2-c2ccccc21. The van der Waals surface area contributed by atoms with Crippen molar-refractivity contribution in [3.05, 3.63) is 197 Å². The van der Waals surface area contributed by atoms with Gasteiger partial charge in [0.1, 0.15) is 11.5 Å². The minimum absolute atomic E-state index is 0.252. The van der Waals surface area contributed by atoms with Crippen LogP contribution in [0.1, 0.15) is 47.2 Å². The molecule has 3 aliphatic rings. The lowest BCUT2D eigenvalue weighted by Crippen LogP contribution is -2.32. The van der Waals surface area contributed by atoms with Crippen LogP contribution in [0.5, 0.6) is 11.5 Å². The Morgan fingerprint density at radius 3 is 1.49 bits per heavy atom. The lowest BCUT2D eigenvalue weighted by molar-refractivity contribution is 0.436. The molecular weight excluding hydrogens is 647 g/mol. The predicted octanol–water partition coefficient (Wildman–Crippen LogP) is 11.6. The van der Waals surface area contributed by atoms with Crippen LogP contribution in [0.4, 0.5) is 0 Å².